The maximum Gasteiger partial charge on any atom is 0.409 e. The number of fused-ring (bicyclic) bond motifs is 3. The normalized spacial score (nSPS) is 19.3. The van der Waals surface area contributed by atoms with Gasteiger partial charge in [-0.3, -0.25) is 4.79 Å². The molecule has 1 amide bonds. The van der Waals surface area contributed by atoms with E-state index in [9.17, 15) is 20.0 Å². The molecule has 0 spiro atoms. The Morgan fingerprint density at radius 1 is 1.19 bits per heavy atom. The molecule has 1 aliphatic heterocycles. The van der Waals surface area contributed by atoms with Crippen LogP contribution in [0.3, 0.4) is 0 Å². The summed E-state index contributed by atoms with van der Waals surface area (Å²) in [5, 5.41) is 19.2. The summed E-state index contributed by atoms with van der Waals surface area (Å²) in [4.78, 5) is 30.8. The second kappa shape index (κ2) is 10.6. The molecule has 0 radical (unpaired) electrons. The lowest BCUT2D eigenvalue weighted by atomic mass is 9.81. The van der Waals surface area contributed by atoms with Crippen molar-refractivity contribution < 1.29 is 19.4 Å². The Kier molecular flexibility index (Phi) is 7.13. The lowest BCUT2D eigenvalue weighted by Gasteiger charge is -2.28. The van der Waals surface area contributed by atoms with Crippen LogP contribution in [-0.2, 0) is 41.9 Å². The van der Waals surface area contributed by atoms with Gasteiger partial charge in [0.05, 0.1) is 43.1 Å². The third kappa shape index (κ3) is 4.91. The molecule has 1 N–H and O–H groups in total. The van der Waals surface area contributed by atoms with Crippen LogP contribution in [0.5, 0.6) is 0 Å². The molecule has 1 saturated carbocycles. The molecule has 2 aliphatic rings. The minimum atomic E-state index is -0.718. The summed E-state index contributed by atoms with van der Waals surface area (Å²) < 4.78 is 7.27. The second-order valence-corrected chi connectivity index (χ2v) is 10.1. The van der Waals surface area contributed by atoms with E-state index in [4.69, 9.17) is 9.72 Å². The van der Waals surface area contributed by atoms with Gasteiger partial charge >= 0.3 is 12.1 Å². The number of aliphatic carboxylic acids is 1. The molecular formula is C29H32N4O4. The van der Waals surface area contributed by atoms with Gasteiger partial charge < -0.3 is 19.3 Å². The summed E-state index contributed by atoms with van der Waals surface area (Å²) in [6.45, 7) is 1.71. The van der Waals surface area contributed by atoms with Crippen LogP contribution >= 0.6 is 0 Å². The van der Waals surface area contributed by atoms with E-state index in [1.54, 1.807) is 4.90 Å². The number of carboxylic acids is 1. The summed E-state index contributed by atoms with van der Waals surface area (Å²) in [5.41, 5.74) is 6.17. The molecule has 5 rings (SSSR count). The lowest BCUT2D eigenvalue weighted by Crippen LogP contribution is -2.36. The first-order valence-electron chi connectivity index (χ1n) is 13.0. The van der Waals surface area contributed by atoms with E-state index in [1.807, 2.05) is 18.2 Å². The van der Waals surface area contributed by atoms with Crippen LogP contribution in [0.1, 0.15) is 59.7 Å². The molecule has 192 valence electrons. The van der Waals surface area contributed by atoms with Gasteiger partial charge in [0.15, 0.2) is 0 Å². The number of carboxylic acid groups (broad SMARTS) is 1. The van der Waals surface area contributed by atoms with E-state index < -0.39 is 5.97 Å². The Labute approximate surface area is 216 Å². The molecule has 2 heterocycles. The molecule has 8 nitrogen and oxygen atoms in total. The van der Waals surface area contributed by atoms with E-state index in [0.29, 0.717) is 38.9 Å². The lowest BCUT2D eigenvalue weighted by molar-refractivity contribution is -0.142. The third-order valence-corrected chi connectivity index (χ3v) is 7.93. The summed E-state index contributed by atoms with van der Waals surface area (Å²) in [5.74, 6) is 0.112. The molecule has 1 aromatic heterocycles. The summed E-state index contributed by atoms with van der Waals surface area (Å²) in [6.07, 6.45) is 4.27. The van der Waals surface area contributed by atoms with Crippen molar-refractivity contribution in [3.05, 3.63) is 64.5 Å². The first-order chi connectivity index (χ1) is 18.0. The second-order valence-electron chi connectivity index (χ2n) is 10.1. The highest BCUT2D eigenvalue weighted by Gasteiger charge is 2.32. The summed E-state index contributed by atoms with van der Waals surface area (Å²) in [6, 6.07) is 14.8. The standard InChI is InChI=1S/C29H32N4O4/c1-37-29(36)32-15-13-22-17-23(11-14-30)26-25(24(22)18-32)31-27(20-7-9-21(10-8-20)28(34)35)33(26)16-12-19-5-3-2-4-6-19/h2-6,17,20-21H,7-13,15-16,18H2,1H3,(H,34,35). The SMILES string of the molecule is COC(=O)N1CCc2cc(CC#N)c3c(nc(C4CCC(C(=O)O)CC4)n3CCc3ccccc3)c2C1. The molecular weight excluding hydrogens is 468 g/mol. The van der Waals surface area contributed by atoms with Crippen molar-refractivity contribution in [1.29, 1.82) is 5.26 Å². The predicted octanol–water partition coefficient (Wildman–Crippen LogP) is 4.83. The highest BCUT2D eigenvalue weighted by Crippen LogP contribution is 2.39. The van der Waals surface area contributed by atoms with Gasteiger partial charge in [-0.05, 0) is 55.2 Å². The van der Waals surface area contributed by atoms with Crippen LogP contribution in [0.2, 0.25) is 0 Å². The summed E-state index contributed by atoms with van der Waals surface area (Å²) in [7, 11) is 1.40. The molecule has 3 aromatic rings. The Morgan fingerprint density at radius 2 is 1.95 bits per heavy atom. The molecule has 37 heavy (non-hydrogen) atoms. The smallest absolute Gasteiger partial charge is 0.409 e. The zero-order valence-corrected chi connectivity index (χ0v) is 21.2. The van der Waals surface area contributed by atoms with Gasteiger partial charge in [0.2, 0.25) is 0 Å². The molecule has 0 atom stereocenters. The number of hydrogen-bond donors (Lipinski definition) is 1. The minimum Gasteiger partial charge on any atom is -0.481 e. The minimum absolute atomic E-state index is 0.157. The molecule has 1 fully saturated rings. The van der Waals surface area contributed by atoms with Crippen LogP contribution in [0, 0.1) is 17.2 Å². The van der Waals surface area contributed by atoms with Crippen molar-refractivity contribution in [3.8, 4) is 6.07 Å². The van der Waals surface area contributed by atoms with Crippen LogP contribution in [0.15, 0.2) is 36.4 Å². The zero-order valence-electron chi connectivity index (χ0n) is 21.2. The molecule has 1 aliphatic carbocycles. The number of aryl methyl sites for hydroxylation is 2. The number of carbonyl (C=O) groups excluding carboxylic acids is 1. The van der Waals surface area contributed by atoms with E-state index in [2.05, 4.69) is 28.8 Å². The molecule has 2 aromatic carbocycles. The number of methoxy groups -OCH3 is 1. The van der Waals surface area contributed by atoms with Crippen molar-refractivity contribution in [2.45, 2.75) is 64.0 Å². The van der Waals surface area contributed by atoms with Gasteiger partial charge in [-0.2, -0.15) is 5.26 Å². The predicted molar refractivity (Wildman–Crippen MR) is 138 cm³/mol. The fraction of sp³-hybridized carbons (Fsp3) is 0.448. The van der Waals surface area contributed by atoms with Gasteiger partial charge in [-0.15, -0.1) is 0 Å². The number of hydrogen-bond acceptors (Lipinski definition) is 5. The Bertz CT molecular complexity index is 1350. The Hall–Kier alpha value is -3.86. The topological polar surface area (TPSA) is 108 Å². The van der Waals surface area contributed by atoms with Crippen molar-refractivity contribution in [2.75, 3.05) is 13.7 Å². The largest absolute Gasteiger partial charge is 0.481 e. The van der Waals surface area contributed by atoms with Gasteiger partial charge in [0, 0.05) is 24.6 Å². The van der Waals surface area contributed by atoms with Crippen molar-refractivity contribution in [1.82, 2.24) is 14.5 Å². The van der Waals surface area contributed by atoms with E-state index in [-0.39, 0.29) is 24.3 Å². The number of benzene rings is 2. The van der Waals surface area contributed by atoms with E-state index in [1.165, 1.54) is 12.7 Å². The van der Waals surface area contributed by atoms with Crippen LogP contribution < -0.4 is 0 Å². The van der Waals surface area contributed by atoms with E-state index >= 15 is 0 Å². The first kappa shape index (κ1) is 24.8. The molecule has 0 bridgehead atoms. The average molecular weight is 501 g/mol. The number of rotatable bonds is 6. The zero-order chi connectivity index (χ0) is 25.9. The molecule has 8 heteroatoms. The van der Waals surface area contributed by atoms with Crippen molar-refractivity contribution >= 4 is 23.1 Å². The monoisotopic (exact) mass is 500 g/mol. The van der Waals surface area contributed by atoms with E-state index in [0.717, 1.165) is 52.8 Å². The third-order valence-electron chi connectivity index (χ3n) is 7.93. The van der Waals surface area contributed by atoms with Crippen LogP contribution in [0.4, 0.5) is 4.79 Å². The molecule has 0 unspecified atom stereocenters. The number of ether oxygens (including phenoxy) is 1. The Morgan fingerprint density at radius 3 is 2.62 bits per heavy atom. The van der Waals surface area contributed by atoms with Gasteiger partial charge in [-0.1, -0.05) is 36.4 Å². The maximum absolute atomic E-state index is 12.3. The quantitative estimate of drug-likeness (QED) is 0.519. The van der Waals surface area contributed by atoms with Gasteiger partial charge in [0.1, 0.15) is 5.82 Å². The number of nitriles is 1. The van der Waals surface area contributed by atoms with Gasteiger partial charge in [0.25, 0.3) is 0 Å². The number of imidazole rings is 1. The highest BCUT2D eigenvalue weighted by atomic mass is 16.5. The maximum atomic E-state index is 12.3. The number of carbonyl (C=O) groups is 2. The average Bonchev–Trinajstić information content (AvgIpc) is 3.32. The van der Waals surface area contributed by atoms with Crippen LogP contribution in [-0.4, -0.2) is 45.3 Å². The fourth-order valence-corrected chi connectivity index (χ4v) is 5.98. The van der Waals surface area contributed by atoms with Crippen molar-refractivity contribution in [3.63, 3.8) is 0 Å². The number of aromatic nitrogens is 2. The number of nitrogens with zero attached hydrogens (tertiary/aromatic N) is 4. The highest BCUT2D eigenvalue weighted by molar-refractivity contribution is 5.86. The molecule has 0 saturated heterocycles. The number of amides is 1. The Balaban J connectivity index is 1.62. The van der Waals surface area contributed by atoms with Crippen LogP contribution in [0.25, 0.3) is 11.0 Å². The van der Waals surface area contributed by atoms with Gasteiger partial charge in [-0.25, -0.2) is 9.78 Å². The first-order valence-corrected chi connectivity index (χ1v) is 13.0. The van der Waals surface area contributed by atoms with Crippen molar-refractivity contribution in [2.24, 2.45) is 5.92 Å². The fourth-order valence-electron chi connectivity index (χ4n) is 5.98. The summed E-state index contributed by atoms with van der Waals surface area (Å²) >= 11 is 0.